The zero-order valence-electron chi connectivity index (χ0n) is 11.8. The van der Waals surface area contributed by atoms with Crippen molar-refractivity contribution in [3.63, 3.8) is 0 Å². The molecule has 0 saturated heterocycles. The quantitative estimate of drug-likeness (QED) is 0.773. The predicted molar refractivity (Wildman–Crippen MR) is 80.2 cm³/mol. The van der Waals surface area contributed by atoms with E-state index in [9.17, 15) is 9.59 Å². The molecule has 1 unspecified atom stereocenters. The van der Waals surface area contributed by atoms with Gasteiger partial charge in [0.05, 0.1) is 7.11 Å². The third-order valence-electron chi connectivity index (χ3n) is 2.86. The van der Waals surface area contributed by atoms with E-state index in [1.807, 2.05) is 31.2 Å². The van der Waals surface area contributed by atoms with Crippen LogP contribution in [0.1, 0.15) is 25.5 Å². The Hall–Kier alpha value is -1.40. The van der Waals surface area contributed by atoms with Crippen LogP contribution in [0.4, 0.5) is 0 Å². The summed E-state index contributed by atoms with van der Waals surface area (Å²) in [5.74, 6) is -0.734. The summed E-state index contributed by atoms with van der Waals surface area (Å²) in [7, 11) is 1.30. The second-order valence-electron chi connectivity index (χ2n) is 4.43. The van der Waals surface area contributed by atoms with Gasteiger partial charge in [-0.05, 0) is 18.6 Å². The number of hydrogen-bond donors (Lipinski definition) is 2. The van der Waals surface area contributed by atoms with E-state index in [0.29, 0.717) is 6.54 Å². The van der Waals surface area contributed by atoms with Gasteiger partial charge in [-0.25, -0.2) is 4.79 Å². The fraction of sp³-hybridized carbons (Fsp3) is 0.429. The number of rotatable bonds is 6. The number of benzene rings is 1. The molecule has 5 nitrogen and oxygen atoms in total. The van der Waals surface area contributed by atoms with E-state index >= 15 is 0 Å². The first kappa shape index (κ1) is 16.7. The summed E-state index contributed by atoms with van der Waals surface area (Å²) in [5, 5.41) is 5.78. The van der Waals surface area contributed by atoms with Gasteiger partial charge in [0.15, 0.2) is 0 Å². The first-order valence-corrected chi connectivity index (χ1v) is 7.07. The van der Waals surface area contributed by atoms with Crippen molar-refractivity contribution in [1.82, 2.24) is 10.6 Å². The number of nitrogens with one attached hydrogen (secondary N) is 2. The van der Waals surface area contributed by atoms with Gasteiger partial charge in [0.25, 0.3) is 0 Å². The first-order chi connectivity index (χ1) is 9.45. The van der Waals surface area contributed by atoms with Crippen LogP contribution >= 0.6 is 15.9 Å². The number of carbonyl (C=O) groups is 2. The minimum atomic E-state index is -0.692. The van der Waals surface area contributed by atoms with Crippen LogP contribution in [0.25, 0.3) is 0 Å². The largest absolute Gasteiger partial charge is 0.467 e. The predicted octanol–water partition coefficient (Wildman–Crippen LogP) is 1.78. The van der Waals surface area contributed by atoms with Crippen LogP contribution in [0.2, 0.25) is 0 Å². The summed E-state index contributed by atoms with van der Waals surface area (Å²) in [5.41, 5.74) is 1.08. The van der Waals surface area contributed by atoms with Gasteiger partial charge in [0.2, 0.25) is 5.91 Å². The molecule has 0 spiro atoms. The smallest absolute Gasteiger partial charge is 0.329 e. The monoisotopic (exact) mass is 342 g/mol. The van der Waals surface area contributed by atoms with E-state index in [0.717, 1.165) is 10.0 Å². The molecule has 110 valence electrons. The van der Waals surface area contributed by atoms with E-state index in [2.05, 4.69) is 31.3 Å². The highest BCUT2D eigenvalue weighted by Gasteiger charge is 2.21. The molecular formula is C14H19BrN2O3. The van der Waals surface area contributed by atoms with Gasteiger partial charge in [-0.1, -0.05) is 34.1 Å². The van der Waals surface area contributed by atoms with Crippen LogP contribution in [0.3, 0.4) is 0 Å². The lowest BCUT2D eigenvalue weighted by Gasteiger charge is -2.20. The molecule has 1 aromatic rings. The lowest BCUT2D eigenvalue weighted by molar-refractivity contribution is -0.144. The van der Waals surface area contributed by atoms with Crippen LogP contribution in [0.15, 0.2) is 28.7 Å². The van der Waals surface area contributed by atoms with Crippen molar-refractivity contribution in [3.8, 4) is 0 Å². The molecule has 1 aromatic carbocycles. The molecule has 0 aliphatic rings. The van der Waals surface area contributed by atoms with E-state index in [4.69, 9.17) is 0 Å². The Kier molecular flexibility index (Phi) is 6.67. The van der Waals surface area contributed by atoms with Crippen LogP contribution in [0, 0.1) is 0 Å². The Morgan fingerprint density at radius 3 is 2.55 bits per heavy atom. The highest BCUT2D eigenvalue weighted by Crippen LogP contribution is 2.22. The fourth-order valence-corrected chi connectivity index (χ4v) is 2.44. The number of carbonyl (C=O) groups excluding carboxylic acids is 2. The summed E-state index contributed by atoms with van der Waals surface area (Å²) < 4.78 is 5.67. The van der Waals surface area contributed by atoms with Gasteiger partial charge < -0.3 is 15.4 Å². The number of methoxy groups -OCH3 is 1. The lowest BCUT2D eigenvalue weighted by atomic mass is 10.1. The average molecular weight is 343 g/mol. The van der Waals surface area contributed by atoms with Crippen molar-refractivity contribution < 1.29 is 14.3 Å². The van der Waals surface area contributed by atoms with Crippen molar-refractivity contribution >= 4 is 27.8 Å². The van der Waals surface area contributed by atoms with Gasteiger partial charge >= 0.3 is 5.97 Å². The van der Waals surface area contributed by atoms with Crippen LogP contribution < -0.4 is 10.6 Å². The number of ether oxygens (including phenoxy) is 1. The molecule has 0 aliphatic heterocycles. The highest BCUT2D eigenvalue weighted by atomic mass is 79.9. The SMILES string of the molecule is COC(=O)C(CN[C@@H](C)c1ccccc1Br)NC(C)=O. The molecule has 2 atom stereocenters. The molecule has 0 radical (unpaired) electrons. The second-order valence-corrected chi connectivity index (χ2v) is 5.28. The third kappa shape index (κ3) is 4.94. The number of halogens is 1. The van der Waals surface area contributed by atoms with Gasteiger partial charge in [-0.15, -0.1) is 0 Å². The minimum absolute atomic E-state index is 0.0338. The van der Waals surface area contributed by atoms with Crippen LogP contribution in [-0.2, 0) is 14.3 Å². The molecular weight excluding hydrogens is 324 g/mol. The van der Waals surface area contributed by atoms with E-state index in [1.54, 1.807) is 0 Å². The first-order valence-electron chi connectivity index (χ1n) is 6.28. The maximum absolute atomic E-state index is 11.6. The van der Waals surface area contributed by atoms with Crippen molar-refractivity contribution in [3.05, 3.63) is 34.3 Å². The molecule has 20 heavy (non-hydrogen) atoms. The summed E-state index contributed by atoms with van der Waals surface area (Å²) in [6.45, 7) is 3.66. The number of amides is 1. The van der Waals surface area contributed by atoms with E-state index < -0.39 is 12.0 Å². The van der Waals surface area contributed by atoms with Gasteiger partial charge in [-0.2, -0.15) is 0 Å². The summed E-state index contributed by atoms with van der Waals surface area (Å²) in [6, 6.07) is 7.18. The van der Waals surface area contributed by atoms with Crippen LogP contribution in [-0.4, -0.2) is 31.6 Å². The third-order valence-corrected chi connectivity index (χ3v) is 3.59. The maximum Gasteiger partial charge on any atom is 0.329 e. The van der Waals surface area contributed by atoms with Gasteiger partial charge in [-0.3, -0.25) is 4.79 Å². The molecule has 0 heterocycles. The molecule has 0 fully saturated rings. The normalized spacial score (nSPS) is 13.4. The van der Waals surface area contributed by atoms with E-state index in [-0.39, 0.29) is 11.9 Å². The Balaban J connectivity index is 2.65. The van der Waals surface area contributed by atoms with Crippen molar-refractivity contribution in [2.75, 3.05) is 13.7 Å². The second kappa shape index (κ2) is 8.01. The van der Waals surface area contributed by atoms with E-state index in [1.165, 1.54) is 14.0 Å². The Morgan fingerprint density at radius 2 is 2.00 bits per heavy atom. The van der Waals surface area contributed by atoms with Crippen molar-refractivity contribution in [1.29, 1.82) is 0 Å². The highest BCUT2D eigenvalue weighted by molar-refractivity contribution is 9.10. The van der Waals surface area contributed by atoms with Gasteiger partial charge in [0, 0.05) is 24.0 Å². The molecule has 2 N–H and O–H groups in total. The molecule has 0 aliphatic carbocycles. The summed E-state index contributed by atoms with van der Waals surface area (Å²) in [4.78, 5) is 22.7. The van der Waals surface area contributed by atoms with Crippen molar-refractivity contribution in [2.24, 2.45) is 0 Å². The van der Waals surface area contributed by atoms with Gasteiger partial charge in [0.1, 0.15) is 6.04 Å². The number of hydrogen-bond acceptors (Lipinski definition) is 4. The molecule has 0 bridgehead atoms. The zero-order valence-corrected chi connectivity index (χ0v) is 13.4. The van der Waals surface area contributed by atoms with Crippen molar-refractivity contribution in [2.45, 2.75) is 25.9 Å². The average Bonchev–Trinajstić information content (AvgIpc) is 2.42. The summed E-state index contributed by atoms with van der Waals surface area (Å²) in [6.07, 6.45) is 0. The molecule has 1 amide bonds. The Labute approximate surface area is 127 Å². The zero-order chi connectivity index (χ0) is 15.1. The minimum Gasteiger partial charge on any atom is -0.467 e. The topological polar surface area (TPSA) is 67.4 Å². The standard InChI is InChI=1S/C14H19BrN2O3/c1-9(11-6-4-5-7-12(11)15)16-8-13(14(19)20-3)17-10(2)18/h4-7,9,13,16H,8H2,1-3H3,(H,17,18)/t9-,13?/m0/s1. The lowest BCUT2D eigenvalue weighted by Crippen LogP contribution is -2.47. The number of esters is 1. The summed E-state index contributed by atoms with van der Waals surface area (Å²) >= 11 is 3.49. The fourth-order valence-electron chi connectivity index (χ4n) is 1.81. The Morgan fingerprint density at radius 1 is 1.35 bits per heavy atom. The molecule has 1 rings (SSSR count). The molecule has 6 heteroatoms. The molecule has 0 aromatic heterocycles. The molecule has 0 saturated carbocycles. The van der Waals surface area contributed by atoms with Crippen LogP contribution in [0.5, 0.6) is 0 Å². The maximum atomic E-state index is 11.6. The Bertz CT molecular complexity index is 479.